The smallest absolute Gasteiger partial charge is 0.219 e. The van der Waals surface area contributed by atoms with E-state index in [1.165, 1.54) is 24.4 Å². The Morgan fingerprint density at radius 2 is 2.11 bits per heavy atom. The molecule has 3 nitrogen and oxygen atoms in total. The van der Waals surface area contributed by atoms with Crippen molar-refractivity contribution in [2.24, 2.45) is 0 Å². The number of aliphatic hydroxyl groups excluding tert-OH is 1. The lowest BCUT2D eigenvalue weighted by Gasteiger charge is -2.08. The van der Waals surface area contributed by atoms with Crippen molar-refractivity contribution in [3.05, 3.63) is 52.4 Å². The molecular weight excluding hydrogens is 301 g/mol. The summed E-state index contributed by atoms with van der Waals surface area (Å²) in [5.74, 6) is 0.520. The standard InChI is InChI=1S/C13H11BrFNO2/c1-8(17)9-2-5-13(16-7-9)18-12-4-3-10(15)6-11(12)14/h2-8,17H,1H3/t8-/m1/s1. The summed E-state index contributed by atoms with van der Waals surface area (Å²) in [6.07, 6.45) is 0.973. The summed E-state index contributed by atoms with van der Waals surface area (Å²) in [4.78, 5) is 4.06. The number of hydrogen-bond acceptors (Lipinski definition) is 3. The fourth-order valence-corrected chi connectivity index (χ4v) is 1.80. The van der Waals surface area contributed by atoms with Gasteiger partial charge in [-0.2, -0.15) is 0 Å². The monoisotopic (exact) mass is 311 g/mol. The molecule has 0 amide bonds. The summed E-state index contributed by atoms with van der Waals surface area (Å²) in [7, 11) is 0. The summed E-state index contributed by atoms with van der Waals surface area (Å²) in [6.45, 7) is 1.66. The van der Waals surface area contributed by atoms with E-state index in [0.717, 1.165) is 0 Å². The summed E-state index contributed by atoms with van der Waals surface area (Å²) < 4.78 is 18.9. The van der Waals surface area contributed by atoms with Crippen LogP contribution in [0.5, 0.6) is 11.6 Å². The van der Waals surface area contributed by atoms with Gasteiger partial charge in [0.05, 0.1) is 10.6 Å². The van der Waals surface area contributed by atoms with Crippen LogP contribution < -0.4 is 4.74 Å². The van der Waals surface area contributed by atoms with Crippen LogP contribution in [0.4, 0.5) is 4.39 Å². The Labute approximate surface area is 112 Å². The summed E-state index contributed by atoms with van der Waals surface area (Å²) in [5, 5.41) is 9.35. The zero-order chi connectivity index (χ0) is 13.1. The molecule has 5 heteroatoms. The van der Waals surface area contributed by atoms with Gasteiger partial charge in [-0.25, -0.2) is 9.37 Å². The highest BCUT2D eigenvalue weighted by Gasteiger charge is 2.06. The highest BCUT2D eigenvalue weighted by molar-refractivity contribution is 9.10. The SMILES string of the molecule is C[C@@H](O)c1ccc(Oc2ccc(F)cc2Br)nc1. The maximum Gasteiger partial charge on any atom is 0.219 e. The number of pyridine rings is 1. The van der Waals surface area contributed by atoms with Crippen LogP contribution in [0.25, 0.3) is 0 Å². The molecule has 1 atom stereocenters. The molecule has 2 rings (SSSR count). The van der Waals surface area contributed by atoms with Gasteiger partial charge in [0.1, 0.15) is 11.6 Å². The number of hydrogen-bond donors (Lipinski definition) is 1. The molecule has 1 aromatic heterocycles. The molecule has 0 radical (unpaired) electrons. The Bertz CT molecular complexity index is 543. The van der Waals surface area contributed by atoms with Gasteiger partial charge in [-0.3, -0.25) is 0 Å². The average molecular weight is 312 g/mol. The molecule has 0 aliphatic rings. The van der Waals surface area contributed by atoms with Gasteiger partial charge in [0, 0.05) is 12.3 Å². The number of rotatable bonds is 3. The predicted octanol–water partition coefficient (Wildman–Crippen LogP) is 3.83. The van der Waals surface area contributed by atoms with Crippen molar-refractivity contribution in [3.63, 3.8) is 0 Å². The Hall–Kier alpha value is -1.46. The molecule has 94 valence electrons. The first-order valence-corrected chi connectivity index (χ1v) is 6.12. The second-order valence-corrected chi connectivity index (χ2v) is 4.64. The minimum atomic E-state index is -0.566. The normalized spacial score (nSPS) is 12.2. The van der Waals surface area contributed by atoms with E-state index in [-0.39, 0.29) is 5.82 Å². The van der Waals surface area contributed by atoms with Crippen LogP contribution in [0.1, 0.15) is 18.6 Å². The van der Waals surface area contributed by atoms with Crippen molar-refractivity contribution in [2.45, 2.75) is 13.0 Å². The second kappa shape index (κ2) is 5.46. The van der Waals surface area contributed by atoms with E-state index >= 15 is 0 Å². The minimum absolute atomic E-state index is 0.341. The molecular formula is C13H11BrFNO2. The van der Waals surface area contributed by atoms with Crippen LogP contribution >= 0.6 is 15.9 Å². The lowest BCUT2D eigenvalue weighted by molar-refractivity contribution is 0.198. The fourth-order valence-electron chi connectivity index (χ4n) is 1.37. The number of nitrogens with zero attached hydrogens (tertiary/aromatic N) is 1. The molecule has 0 saturated carbocycles. The van der Waals surface area contributed by atoms with Crippen molar-refractivity contribution in [1.29, 1.82) is 0 Å². The van der Waals surface area contributed by atoms with Gasteiger partial charge in [-0.1, -0.05) is 0 Å². The summed E-state index contributed by atoms with van der Waals surface area (Å²) >= 11 is 3.21. The van der Waals surface area contributed by atoms with Crippen molar-refractivity contribution in [3.8, 4) is 11.6 Å². The lowest BCUT2D eigenvalue weighted by atomic mass is 10.2. The largest absolute Gasteiger partial charge is 0.438 e. The van der Waals surface area contributed by atoms with Crippen molar-refractivity contribution >= 4 is 15.9 Å². The first-order chi connectivity index (χ1) is 8.56. The molecule has 0 bridgehead atoms. The summed E-state index contributed by atoms with van der Waals surface area (Å²) in [5.41, 5.74) is 0.709. The molecule has 0 aliphatic carbocycles. The van der Waals surface area contributed by atoms with E-state index < -0.39 is 6.10 Å². The first kappa shape index (κ1) is 13.0. The number of halogens is 2. The predicted molar refractivity (Wildman–Crippen MR) is 69.0 cm³/mol. The molecule has 0 aliphatic heterocycles. The van der Waals surface area contributed by atoms with Crippen LogP contribution in [-0.4, -0.2) is 10.1 Å². The third kappa shape index (κ3) is 3.05. The highest BCUT2D eigenvalue weighted by Crippen LogP contribution is 2.29. The van der Waals surface area contributed by atoms with Crippen LogP contribution in [-0.2, 0) is 0 Å². The van der Waals surface area contributed by atoms with Gasteiger partial charge >= 0.3 is 0 Å². The molecule has 0 spiro atoms. The molecule has 18 heavy (non-hydrogen) atoms. The van der Waals surface area contributed by atoms with Crippen molar-refractivity contribution in [2.75, 3.05) is 0 Å². The van der Waals surface area contributed by atoms with Gasteiger partial charge in [0.15, 0.2) is 0 Å². The Balaban J connectivity index is 2.18. The van der Waals surface area contributed by atoms with E-state index in [1.807, 2.05) is 0 Å². The molecule has 1 heterocycles. The molecule has 2 aromatic rings. The number of benzene rings is 1. The van der Waals surface area contributed by atoms with E-state index in [9.17, 15) is 9.50 Å². The van der Waals surface area contributed by atoms with E-state index in [2.05, 4.69) is 20.9 Å². The van der Waals surface area contributed by atoms with Gasteiger partial charge in [0.2, 0.25) is 5.88 Å². The van der Waals surface area contributed by atoms with Gasteiger partial charge < -0.3 is 9.84 Å². The fraction of sp³-hybridized carbons (Fsp3) is 0.154. The van der Waals surface area contributed by atoms with Gasteiger partial charge in [-0.05, 0) is 52.7 Å². The molecule has 0 saturated heterocycles. The summed E-state index contributed by atoms with van der Waals surface area (Å²) in [6, 6.07) is 7.52. The minimum Gasteiger partial charge on any atom is -0.438 e. The third-order valence-corrected chi connectivity index (χ3v) is 2.97. The zero-order valence-electron chi connectivity index (χ0n) is 9.60. The first-order valence-electron chi connectivity index (χ1n) is 5.33. The quantitative estimate of drug-likeness (QED) is 0.936. The van der Waals surface area contributed by atoms with Crippen LogP contribution in [0, 0.1) is 5.82 Å². The zero-order valence-corrected chi connectivity index (χ0v) is 11.2. The Morgan fingerprint density at radius 1 is 1.33 bits per heavy atom. The topological polar surface area (TPSA) is 42.4 Å². The van der Waals surface area contributed by atoms with Crippen molar-refractivity contribution < 1.29 is 14.2 Å². The van der Waals surface area contributed by atoms with Gasteiger partial charge in [0.25, 0.3) is 0 Å². The molecule has 1 aromatic carbocycles. The van der Waals surface area contributed by atoms with Crippen molar-refractivity contribution in [1.82, 2.24) is 4.98 Å². The van der Waals surface area contributed by atoms with E-state index in [1.54, 1.807) is 19.1 Å². The van der Waals surface area contributed by atoms with Crippen LogP contribution in [0.15, 0.2) is 41.0 Å². The second-order valence-electron chi connectivity index (χ2n) is 3.78. The lowest BCUT2D eigenvalue weighted by Crippen LogP contribution is -1.94. The van der Waals surface area contributed by atoms with Crippen LogP contribution in [0.2, 0.25) is 0 Å². The molecule has 0 fully saturated rings. The van der Waals surface area contributed by atoms with Gasteiger partial charge in [-0.15, -0.1) is 0 Å². The Morgan fingerprint density at radius 3 is 2.67 bits per heavy atom. The maximum absolute atomic E-state index is 12.9. The maximum atomic E-state index is 12.9. The molecule has 0 unspecified atom stereocenters. The molecule has 1 N–H and O–H groups in total. The number of aliphatic hydroxyl groups is 1. The van der Waals surface area contributed by atoms with E-state index in [4.69, 9.17) is 4.74 Å². The average Bonchev–Trinajstić information content (AvgIpc) is 2.33. The Kier molecular flexibility index (Phi) is 3.93. The van der Waals surface area contributed by atoms with Crippen LogP contribution in [0.3, 0.4) is 0 Å². The highest BCUT2D eigenvalue weighted by atomic mass is 79.9. The number of aromatic nitrogens is 1. The number of ether oxygens (including phenoxy) is 1. The van der Waals surface area contributed by atoms with E-state index in [0.29, 0.717) is 21.7 Å². The third-order valence-electron chi connectivity index (χ3n) is 2.35.